The predicted molar refractivity (Wildman–Crippen MR) is 71.0 cm³/mol. The van der Waals surface area contributed by atoms with Gasteiger partial charge >= 0.3 is 12.3 Å². The molecule has 0 saturated heterocycles. The molecule has 0 saturated carbocycles. The summed E-state index contributed by atoms with van der Waals surface area (Å²) < 4.78 is 49.5. The van der Waals surface area contributed by atoms with Crippen LogP contribution in [0.1, 0.15) is 29.4 Å². The number of pyridine rings is 1. The zero-order chi connectivity index (χ0) is 16.0. The lowest BCUT2D eigenvalue weighted by Crippen LogP contribution is -2.41. The van der Waals surface area contributed by atoms with Gasteiger partial charge in [0, 0.05) is 17.8 Å². The first-order valence-corrected chi connectivity index (χ1v) is 6.43. The molecule has 21 heavy (non-hydrogen) atoms. The maximum Gasteiger partial charge on any atom is 0.324 e. The van der Waals surface area contributed by atoms with Crippen LogP contribution in [0.3, 0.4) is 0 Å². The van der Waals surface area contributed by atoms with Crippen molar-refractivity contribution in [3.05, 3.63) is 23.4 Å². The van der Waals surface area contributed by atoms with E-state index in [1.165, 1.54) is 12.1 Å². The molecule has 118 valence electrons. The quantitative estimate of drug-likeness (QED) is 0.762. The van der Waals surface area contributed by atoms with E-state index in [1.54, 1.807) is 12.2 Å². The Labute approximate surface area is 119 Å². The largest absolute Gasteiger partial charge is 0.370 e. The Hall–Kier alpha value is -1.86. The standard InChI is InChI=1S/C13H17F4N3O/c1-3-4-18-10-6-9(5-8(2)20-10)11(21)19-7-13(16,17)12(14)15/h5-6,12H,3-4,7H2,1-2H3,(H,18,20)(H,19,21). The molecular weight excluding hydrogens is 290 g/mol. The van der Waals surface area contributed by atoms with Gasteiger partial charge < -0.3 is 10.6 Å². The first-order valence-electron chi connectivity index (χ1n) is 6.43. The summed E-state index contributed by atoms with van der Waals surface area (Å²) in [7, 11) is 0. The SMILES string of the molecule is CCCNc1cc(C(=O)NCC(F)(F)C(F)F)cc(C)n1. The van der Waals surface area contributed by atoms with Crippen molar-refractivity contribution in [2.24, 2.45) is 0 Å². The summed E-state index contributed by atoms with van der Waals surface area (Å²) in [4.78, 5) is 15.9. The molecule has 1 aromatic heterocycles. The number of carbonyl (C=O) groups excluding carboxylic acids is 1. The maximum atomic E-state index is 12.8. The molecule has 0 fully saturated rings. The molecule has 8 heteroatoms. The van der Waals surface area contributed by atoms with Gasteiger partial charge in [0.15, 0.2) is 0 Å². The summed E-state index contributed by atoms with van der Waals surface area (Å²) in [6.07, 6.45) is -2.98. The summed E-state index contributed by atoms with van der Waals surface area (Å²) in [5, 5.41) is 4.77. The van der Waals surface area contributed by atoms with Gasteiger partial charge in [-0.25, -0.2) is 13.8 Å². The van der Waals surface area contributed by atoms with Gasteiger partial charge in [-0.15, -0.1) is 0 Å². The molecule has 0 aromatic carbocycles. The molecular formula is C13H17F4N3O. The van der Waals surface area contributed by atoms with Crippen LogP contribution in [0.25, 0.3) is 0 Å². The van der Waals surface area contributed by atoms with Crippen molar-refractivity contribution in [1.29, 1.82) is 0 Å². The van der Waals surface area contributed by atoms with Crippen LogP contribution in [0.5, 0.6) is 0 Å². The second-order valence-electron chi connectivity index (χ2n) is 4.55. The van der Waals surface area contributed by atoms with E-state index >= 15 is 0 Å². The minimum absolute atomic E-state index is 0.0890. The lowest BCUT2D eigenvalue weighted by atomic mass is 10.2. The number of aromatic nitrogens is 1. The fourth-order valence-corrected chi connectivity index (χ4v) is 1.52. The van der Waals surface area contributed by atoms with E-state index in [2.05, 4.69) is 10.3 Å². The van der Waals surface area contributed by atoms with E-state index in [0.717, 1.165) is 6.42 Å². The number of amides is 1. The van der Waals surface area contributed by atoms with Crippen LogP contribution >= 0.6 is 0 Å². The van der Waals surface area contributed by atoms with Crippen LogP contribution in [0.15, 0.2) is 12.1 Å². The van der Waals surface area contributed by atoms with Crippen LogP contribution < -0.4 is 10.6 Å². The highest BCUT2D eigenvalue weighted by molar-refractivity contribution is 5.95. The van der Waals surface area contributed by atoms with Crippen molar-refractivity contribution in [3.8, 4) is 0 Å². The number of nitrogens with zero attached hydrogens (tertiary/aromatic N) is 1. The molecule has 1 amide bonds. The van der Waals surface area contributed by atoms with Crippen LogP contribution in [-0.2, 0) is 0 Å². The number of carbonyl (C=O) groups is 1. The Kier molecular flexibility index (Phi) is 5.92. The van der Waals surface area contributed by atoms with E-state index in [1.807, 2.05) is 6.92 Å². The van der Waals surface area contributed by atoms with Crippen molar-refractivity contribution in [2.75, 3.05) is 18.4 Å². The zero-order valence-electron chi connectivity index (χ0n) is 11.7. The minimum atomic E-state index is -4.25. The average molecular weight is 307 g/mol. The Morgan fingerprint density at radius 3 is 2.62 bits per heavy atom. The normalized spacial score (nSPS) is 11.6. The molecule has 1 heterocycles. The summed E-state index contributed by atoms with van der Waals surface area (Å²) in [6.45, 7) is 2.81. The molecule has 0 radical (unpaired) electrons. The smallest absolute Gasteiger partial charge is 0.324 e. The van der Waals surface area contributed by atoms with Crippen molar-refractivity contribution < 1.29 is 22.4 Å². The van der Waals surface area contributed by atoms with Crippen LogP contribution in [0, 0.1) is 6.92 Å². The summed E-state index contributed by atoms with van der Waals surface area (Å²) in [5.74, 6) is -4.66. The second kappa shape index (κ2) is 7.24. The molecule has 0 unspecified atom stereocenters. The fraction of sp³-hybridized carbons (Fsp3) is 0.538. The van der Waals surface area contributed by atoms with E-state index in [9.17, 15) is 22.4 Å². The number of nitrogens with one attached hydrogen (secondary N) is 2. The van der Waals surface area contributed by atoms with Gasteiger partial charge in [0.25, 0.3) is 5.91 Å². The number of alkyl halides is 4. The van der Waals surface area contributed by atoms with E-state index < -0.39 is 24.8 Å². The number of hydrogen-bond donors (Lipinski definition) is 2. The molecule has 0 aliphatic rings. The Bertz CT molecular complexity index is 494. The molecule has 0 atom stereocenters. The minimum Gasteiger partial charge on any atom is -0.370 e. The van der Waals surface area contributed by atoms with Gasteiger partial charge in [-0.2, -0.15) is 8.78 Å². The third kappa shape index (κ3) is 5.20. The third-order valence-corrected chi connectivity index (χ3v) is 2.58. The highest BCUT2D eigenvalue weighted by Gasteiger charge is 2.40. The number of anilines is 1. The van der Waals surface area contributed by atoms with Crippen LogP contribution in [0.2, 0.25) is 0 Å². The van der Waals surface area contributed by atoms with Crippen molar-refractivity contribution in [3.63, 3.8) is 0 Å². The summed E-state index contributed by atoms with van der Waals surface area (Å²) in [6, 6.07) is 2.78. The van der Waals surface area contributed by atoms with Crippen LogP contribution in [0.4, 0.5) is 23.4 Å². The van der Waals surface area contributed by atoms with E-state index in [4.69, 9.17) is 0 Å². The lowest BCUT2D eigenvalue weighted by Gasteiger charge is -2.16. The van der Waals surface area contributed by atoms with Gasteiger partial charge in [0.2, 0.25) is 0 Å². The molecule has 1 rings (SSSR count). The molecule has 0 aliphatic heterocycles. The highest BCUT2D eigenvalue weighted by Crippen LogP contribution is 2.21. The topological polar surface area (TPSA) is 54.0 Å². The first kappa shape index (κ1) is 17.2. The lowest BCUT2D eigenvalue weighted by molar-refractivity contribution is -0.123. The Morgan fingerprint density at radius 1 is 1.38 bits per heavy atom. The fourth-order valence-electron chi connectivity index (χ4n) is 1.52. The number of halogens is 4. The van der Waals surface area contributed by atoms with Crippen molar-refractivity contribution in [2.45, 2.75) is 32.6 Å². The van der Waals surface area contributed by atoms with E-state index in [-0.39, 0.29) is 5.56 Å². The third-order valence-electron chi connectivity index (χ3n) is 2.58. The molecule has 2 N–H and O–H groups in total. The highest BCUT2D eigenvalue weighted by atomic mass is 19.3. The predicted octanol–water partition coefficient (Wildman–Crippen LogP) is 2.84. The maximum absolute atomic E-state index is 12.8. The van der Waals surface area contributed by atoms with Gasteiger partial charge in [-0.3, -0.25) is 4.79 Å². The van der Waals surface area contributed by atoms with Gasteiger partial charge in [-0.1, -0.05) is 6.92 Å². The monoisotopic (exact) mass is 307 g/mol. The molecule has 0 aliphatic carbocycles. The molecule has 4 nitrogen and oxygen atoms in total. The van der Waals surface area contributed by atoms with Gasteiger partial charge in [0.05, 0.1) is 6.54 Å². The van der Waals surface area contributed by atoms with Gasteiger partial charge in [0.1, 0.15) is 5.82 Å². The number of rotatable bonds is 7. The first-order chi connectivity index (χ1) is 9.76. The van der Waals surface area contributed by atoms with Crippen molar-refractivity contribution >= 4 is 11.7 Å². The summed E-state index contributed by atoms with van der Waals surface area (Å²) >= 11 is 0. The summed E-state index contributed by atoms with van der Waals surface area (Å²) in [5.41, 5.74) is 0.605. The second-order valence-corrected chi connectivity index (χ2v) is 4.55. The zero-order valence-corrected chi connectivity index (χ0v) is 11.7. The average Bonchev–Trinajstić information content (AvgIpc) is 2.41. The Morgan fingerprint density at radius 2 is 2.05 bits per heavy atom. The van der Waals surface area contributed by atoms with E-state index in [0.29, 0.717) is 18.1 Å². The number of aryl methyl sites for hydroxylation is 1. The van der Waals surface area contributed by atoms with Crippen LogP contribution in [-0.4, -0.2) is 36.3 Å². The molecule has 0 bridgehead atoms. The van der Waals surface area contributed by atoms with Crippen molar-refractivity contribution in [1.82, 2.24) is 10.3 Å². The number of hydrogen-bond acceptors (Lipinski definition) is 3. The Balaban J connectivity index is 2.76. The van der Waals surface area contributed by atoms with Gasteiger partial charge in [-0.05, 0) is 25.5 Å². The molecule has 1 aromatic rings. The molecule has 0 spiro atoms.